The molecule has 118 valence electrons. The third-order valence-electron chi connectivity index (χ3n) is 3.07. The third kappa shape index (κ3) is 5.13. The Hall–Kier alpha value is -1.92. The van der Waals surface area contributed by atoms with E-state index in [1.807, 2.05) is 45.3 Å². The summed E-state index contributed by atoms with van der Waals surface area (Å²) < 4.78 is 0. The molecule has 2 rings (SSSR count). The van der Waals surface area contributed by atoms with Crippen molar-refractivity contribution in [1.29, 1.82) is 0 Å². The Labute approximate surface area is 135 Å². The maximum Gasteiger partial charge on any atom is 0.270 e. The van der Waals surface area contributed by atoms with E-state index in [9.17, 15) is 4.79 Å². The molecule has 1 aromatic heterocycles. The fraction of sp³-hybridized carbons (Fsp3) is 0.375. The predicted molar refractivity (Wildman–Crippen MR) is 92.1 cm³/mol. The van der Waals surface area contributed by atoms with Gasteiger partial charge in [0.2, 0.25) is 0 Å². The summed E-state index contributed by atoms with van der Waals surface area (Å²) in [6.07, 6.45) is 0.928. The molecule has 1 heterocycles. The molecular weight excluding hydrogens is 296 g/mol. The molecule has 0 fully saturated rings. The van der Waals surface area contributed by atoms with Crippen molar-refractivity contribution in [2.45, 2.75) is 13.3 Å². The van der Waals surface area contributed by atoms with Gasteiger partial charge < -0.3 is 15.5 Å². The Morgan fingerprint density at radius 2 is 2.18 bits per heavy atom. The molecule has 0 bridgehead atoms. The fourth-order valence-corrected chi connectivity index (χ4v) is 2.68. The zero-order chi connectivity index (χ0) is 15.9. The van der Waals surface area contributed by atoms with Crippen LogP contribution in [0.25, 0.3) is 0 Å². The molecule has 0 saturated carbocycles. The van der Waals surface area contributed by atoms with Gasteiger partial charge in [-0.05, 0) is 51.7 Å². The number of thiazole rings is 1. The van der Waals surface area contributed by atoms with E-state index in [0.29, 0.717) is 12.2 Å². The number of hydrogen-bond donors (Lipinski definition) is 2. The Morgan fingerprint density at radius 1 is 1.36 bits per heavy atom. The van der Waals surface area contributed by atoms with E-state index in [-0.39, 0.29) is 5.91 Å². The second-order valence-corrected chi connectivity index (χ2v) is 6.30. The smallest absolute Gasteiger partial charge is 0.270 e. The van der Waals surface area contributed by atoms with Gasteiger partial charge in [0.05, 0.1) is 0 Å². The van der Waals surface area contributed by atoms with Crippen molar-refractivity contribution in [2.24, 2.45) is 0 Å². The second kappa shape index (κ2) is 7.91. The molecule has 0 saturated heterocycles. The number of hydrogen-bond acceptors (Lipinski definition) is 5. The van der Waals surface area contributed by atoms with Crippen LogP contribution in [0.3, 0.4) is 0 Å². The molecule has 0 unspecified atom stereocenters. The first-order chi connectivity index (χ1) is 10.5. The molecular formula is C16H22N4OS. The van der Waals surface area contributed by atoms with E-state index < -0.39 is 0 Å². The first-order valence-electron chi connectivity index (χ1n) is 7.27. The minimum atomic E-state index is -0.118. The molecule has 6 heteroatoms. The number of nitrogens with one attached hydrogen (secondary N) is 2. The van der Waals surface area contributed by atoms with Crippen LogP contribution in [0.5, 0.6) is 0 Å². The number of carbonyl (C=O) groups is 1. The molecule has 0 aliphatic heterocycles. The molecule has 0 aliphatic carbocycles. The molecule has 0 atom stereocenters. The Bertz CT molecular complexity index is 624. The number of carbonyl (C=O) groups excluding carboxylic acids is 1. The van der Waals surface area contributed by atoms with Crippen molar-refractivity contribution in [3.05, 3.63) is 40.9 Å². The number of nitrogens with zero attached hydrogens (tertiary/aromatic N) is 2. The molecule has 1 amide bonds. The minimum Gasteiger partial charge on any atom is -0.351 e. The molecule has 0 radical (unpaired) electrons. The lowest BCUT2D eigenvalue weighted by molar-refractivity contribution is 0.0948. The van der Waals surface area contributed by atoms with E-state index in [4.69, 9.17) is 0 Å². The average Bonchev–Trinajstić information content (AvgIpc) is 2.92. The van der Waals surface area contributed by atoms with E-state index >= 15 is 0 Å². The lowest BCUT2D eigenvalue weighted by atomic mass is 10.2. The van der Waals surface area contributed by atoms with Gasteiger partial charge in [0.15, 0.2) is 5.13 Å². The van der Waals surface area contributed by atoms with Gasteiger partial charge in [-0.25, -0.2) is 4.98 Å². The lowest BCUT2D eigenvalue weighted by Crippen LogP contribution is -2.27. The SMILES string of the molecule is Cc1cccc(Nc2nc(C(=O)NCCCN(C)C)cs2)c1. The van der Waals surface area contributed by atoms with Crippen molar-refractivity contribution in [2.75, 3.05) is 32.5 Å². The van der Waals surface area contributed by atoms with E-state index in [0.717, 1.165) is 23.8 Å². The van der Waals surface area contributed by atoms with E-state index in [1.54, 1.807) is 5.38 Å². The maximum atomic E-state index is 12.0. The number of rotatable bonds is 7. The first-order valence-corrected chi connectivity index (χ1v) is 8.15. The van der Waals surface area contributed by atoms with Gasteiger partial charge in [0.25, 0.3) is 5.91 Å². The van der Waals surface area contributed by atoms with Gasteiger partial charge in [-0.3, -0.25) is 4.79 Å². The largest absolute Gasteiger partial charge is 0.351 e. The molecule has 0 spiro atoms. The van der Waals surface area contributed by atoms with Gasteiger partial charge in [0, 0.05) is 17.6 Å². The Morgan fingerprint density at radius 3 is 2.91 bits per heavy atom. The summed E-state index contributed by atoms with van der Waals surface area (Å²) in [6, 6.07) is 8.06. The molecule has 22 heavy (non-hydrogen) atoms. The van der Waals surface area contributed by atoms with Gasteiger partial charge in [-0.1, -0.05) is 12.1 Å². The zero-order valence-corrected chi connectivity index (χ0v) is 14.0. The summed E-state index contributed by atoms with van der Waals surface area (Å²) in [4.78, 5) is 18.4. The number of aromatic nitrogens is 1. The van der Waals surface area contributed by atoms with Gasteiger partial charge >= 0.3 is 0 Å². The highest BCUT2D eigenvalue weighted by atomic mass is 32.1. The molecule has 0 aliphatic rings. The van der Waals surface area contributed by atoms with Crippen LogP contribution >= 0.6 is 11.3 Å². The predicted octanol–water partition coefficient (Wildman–Crippen LogP) is 2.88. The lowest BCUT2D eigenvalue weighted by Gasteiger charge is -2.09. The molecule has 1 aromatic carbocycles. The summed E-state index contributed by atoms with van der Waals surface area (Å²) >= 11 is 1.43. The number of aryl methyl sites for hydroxylation is 1. The maximum absolute atomic E-state index is 12.0. The summed E-state index contributed by atoms with van der Waals surface area (Å²) in [5.74, 6) is -0.118. The fourth-order valence-electron chi connectivity index (χ4n) is 1.97. The topological polar surface area (TPSA) is 57.3 Å². The van der Waals surface area contributed by atoms with E-state index in [2.05, 4.69) is 20.5 Å². The van der Waals surface area contributed by atoms with Crippen molar-refractivity contribution >= 4 is 28.1 Å². The quantitative estimate of drug-likeness (QED) is 0.771. The highest BCUT2D eigenvalue weighted by molar-refractivity contribution is 7.14. The minimum absolute atomic E-state index is 0.118. The Balaban J connectivity index is 1.86. The second-order valence-electron chi connectivity index (χ2n) is 5.45. The zero-order valence-electron chi connectivity index (χ0n) is 13.2. The van der Waals surface area contributed by atoms with Gasteiger partial charge in [-0.15, -0.1) is 11.3 Å². The Kier molecular flexibility index (Phi) is 5.91. The summed E-state index contributed by atoms with van der Waals surface area (Å²) in [6.45, 7) is 3.66. The summed E-state index contributed by atoms with van der Waals surface area (Å²) in [7, 11) is 4.04. The van der Waals surface area contributed by atoms with Crippen LogP contribution in [-0.2, 0) is 0 Å². The van der Waals surface area contributed by atoms with Crippen molar-refractivity contribution in [3.63, 3.8) is 0 Å². The highest BCUT2D eigenvalue weighted by Crippen LogP contribution is 2.21. The summed E-state index contributed by atoms with van der Waals surface area (Å²) in [5, 5.41) is 8.62. The number of anilines is 2. The molecule has 5 nitrogen and oxygen atoms in total. The van der Waals surface area contributed by atoms with Crippen LogP contribution in [0.15, 0.2) is 29.6 Å². The third-order valence-corrected chi connectivity index (χ3v) is 3.83. The highest BCUT2D eigenvalue weighted by Gasteiger charge is 2.10. The molecule has 2 aromatic rings. The first kappa shape index (κ1) is 16.5. The van der Waals surface area contributed by atoms with Crippen molar-refractivity contribution in [1.82, 2.24) is 15.2 Å². The van der Waals surface area contributed by atoms with Crippen LogP contribution in [0, 0.1) is 6.92 Å². The monoisotopic (exact) mass is 318 g/mol. The van der Waals surface area contributed by atoms with Gasteiger partial charge in [-0.2, -0.15) is 0 Å². The van der Waals surface area contributed by atoms with Crippen LogP contribution in [0.1, 0.15) is 22.5 Å². The van der Waals surface area contributed by atoms with Crippen molar-refractivity contribution < 1.29 is 4.79 Å². The number of benzene rings is 1. The van der Waals surface area contributed by atoms with Crippen LogP contribution in [0.4, 0.5) is 10.8 Å². The normalized spacial score (nSPS) is 10.7. The summed E-state index contributed by atoms with van der Waals surface area (Å²) in [5.41, 5.74) is 2.62. The number of amides is 1. The standard InChI is InChI=1S/C16H22N4OS/c1-12-6-4-7-13(10-12)18-16-19-14(11-22-16)15(21)17-8-5-9-20(2)3/h4,6-7,10-11H,5,8-9H2,1-3H3,(H,17,21)(H,18,19). The van der Waals surface area contributed by atoms with Crippen LogP contribution in [-0.4, -0.2) is 43.0 Å². The van der Waals surface area contributed by atoms with Gasteiger partial charge in [0.1, 0.15) is 5.69 Å². The average molecular weight is 318 g/mol. The van der Waals surface area contributed by atoms with Crippen LogP contribution < -0.4 is 10.6 Å². The van der Waals surface area contributed by atoms with E-state index in [1.165, 1.54) is 16.9 Å². The van der Waals surface area contributed by atoms with Crippen molar-refractivity contribution in [3.8, 4) is 0 Å². The van der Waals surface area contributed by atoms with Crippen LogP contribution in [0.2, 0.25) is 0 Å². The molecule has 2 N–H and O–H groups in total.